The number of rotatable bonds is 0. The molecular formula is C25H26Zr. The van der Waals surface area contributed by atoms with Crippen molar-refractivity contribution in [2.24, 2.45) is 0 Å². The van der Waals surface area contributed by atoms with Gasteiger partial charge in [0, 0.05) is 0 Å². The van der Waals surface area contributed by atoms with Crippen molar-refractivity contribution in [3.05, 3.63) is 105 Å². The zero-order chi connectivity index (χ0) is 16.6. The van der Waals surface area contributed by atoms with Crippen molar-refractivity contribution in [3.63, 3.8) is 0 Å². The Balaban J connectivity index is 0.000000220. The Morgan fingerprint density at radius 3 is 1.50 bits per heavy atom. The minimum Gasteiger partial charge on any atom is -0.514 e. The second-order valence-corrected chi connectivity index (χ2v) is 6.15. The first-order valence-corrected chi connectivity index (χ1v) is 8.64. The molecule has 0 bridgehead atoms. The predicted molar refractivity (Wildman–Crippen MR) is 112 cm³/mol. The molecule has 26 heavy (non-hydrogen) atoms. The minimum absolute atomic E-state index is 0. The molecular weight excluding hydrogens is 391 g/mol. The fourth-order valence-corrected chi connectivity index (χ4v) is 3.05. The van der Waals surface area contributed by atoms with Crippen molar-refractivity contribution >= 4 is 21.5 Å². The first kappa shape index (κ1) is 22.3. The summed E-state index contributed by atoms with van der Waals surface area (Å²) in [5, 5.41) is 5.39. The molecule has 4 aromatic rings. The molecule has 0 unspecified atom stereocenters. The molecule has 1 heteroatoms. The van der Waals surface area contributed by atoms with Crippen LogP contribution in [0.4, 0.5) is 0 Å². The van der Waals surface area contributed by atoms with E-state index in [-0.39, 0.29) is 33.6 Å². The van der Waals surface area contributed by atoms with Gasteiger partial charge in [-0.1, -0.05) is 62.1 Å². The predicted octanol–water partition coefficient (Wildman–Crippen LogP) is 7.48. The molecule has 4 aromatic carbocycles. The quantitative estimate of drug-likeness (QED) is 0.260. The van der Waals surface area contributed by atoms with E-state index in [0.717, 1.165) is 0 Å². The van der Waals surface area contributed by atoms with Crippen molar-refractivity contribution in [1.29, 1.82) is 0 Å². The van der Waals surface area contributed by atoms with Crippen LogP contribution in [0.15, 0.2) is 90.5 Å². The van der Waals surface area contributed by atoms with Gasteiger partial charge < -0.3 is 14.0 Å². The molecule has 0 atom stereocenters. The van der Waals surface area contributed by atoms with E-state index >= 15 is 0 Å². The van der Waals surface area contributed by atoms with Crippen molar-refractivity contribution in [1.82, 2.24) is 0 Å². The molecule has 130 valence electrons. The van der Waals surface area contributed by atoms with E-state index < -0.39 is 0 Å². The standard InChI is InChI=1S/C13H9.C6H9.C5H5.CH3.Zr/c1-3-7-12-10(5-1)9-11-6-2-4-8-13(11)12;1-6-4-2-3-5-6;1-2-4-5-3-1;;/h1-9H;1H,2-5H2;1-5H;1H3;/q4*-1;+4. The average molecular weight is 418 g/mol. The maximum Gasteiger partial charge on any atom is 4.00 e. The van der Waals surface area contributed by atoms with Gasteiger partial charge in [0.25, 0.3) is 0 Å². The second-order valence-electron chi connectivity index (χ2n) is 6.15. The van der Waals surface area contributed by atoms with Crippen LogP contribution in [0.3, 0.4) is 0 Å². The van der Waals surface area contributed by atoms with Crippen molar-refractivity contribution in [3.8, 4) is 0 Å². The van der Waals surface area contributed by atoms with Gasteiger partial charge in [-0.05, 0) is 0 Å². The molecule has 0 spiro atoms. The fraction of sp³-hybridized carbons (Fsp3) is 0.160. The van der Waals surface area contributed by atoms with Crippen LogP contribution in [0.25, 0.3) is 21.5 Å². The monoisotopic (exact) mass is 416 g/mol. The maximum absolute atomic E-state index is 5.45. The second kappa shape index (κ2) is 11.8. The summed E-state index contributed by atoms with van der Waals surface area (Å²) < 4.78 is 0. The van der Waals surface area contributed by atoms with Crippen LogP contribution in [0.2, 0.25) is 0 Å². The molecule has 1 saturated carbocycles. The van der Waals surface area contributed by atoms with E-state index in [1.165, 1.54) is 52.8 Å². The van der Waals surface area contributed by atoms with Gasteiger partial charge in [-0.15, -0.1) is 39.7 Å². The maximum atomic E-state index is 5.45. The van der Waals surface area contributed by atoms with E-state index in [0.29, 0.717) is 0 Å². The summed E-state index contributed by atoms with van der Waals surface area (Å²) in [5.74, 6) is 0. The largest absolute Gasteiger partial charge is 4.00 e. The SMILES string of the molecule is [CH-]=C1CCCC1.[CH3-].[Zr+4].c1cc[cH-]c1.c1ccc2c(c1)[cH-]c1ccccc12. The van der Waals surface area contributed by atoms with Gasteiger partial charge in [0.2, 0.25) is 0 Å². The Morgan fingerprint density at radius 1 is 0.692 bits per heavy atom. The number of benzene rings is 2. The topological polar surface area (TPSA) is 0 Å². The number of allylic oxidation sites excluding steroid dienone is 1. The van der Waals surface area contributed by atoms with Crippen molar-refractivity contribution in [2.75, 3.05) is 0 Å². The molecule has 0 aliphatic heterocycles. The molecule has 1 aliphatic carbocycles. The van der Waals surface area contributed by atoms with E-state index in [2.05, 4.69) is 54.6 Å². The van der Waals surface area contributed by atoms with Gasteiger partial charge in [0.15, 0.2) is 0 Å². The zero-order valence-electron chi connectivity index (χ0n) is 15.5. The van der Waals surface area contributed by atoms with Gasteiger partial charge in [-0.3, -0.25) is 5.57 Å². The molecule has 0 saturated heterocycles. The summed E-state index contributed by atoms with van der Waals surface area (Å²) in [5.41, 5.74) is 1.20. The average Bonchev–Trinajstić information content (AvgIpc) is 3.38. The first-order chi connectivity index (χ1) is 11.8. The minimum atomic E-state index is 0. The van der Waals surface area contributed by atoms with Crippen LogP contribution in [-0.2, 0) is 26.2 Å². The van der Waals surface area contributed by atoms with E-state index in [1.54, 1.807) is 0 Å². The molecule has 0 amide bonds. The van der Waals surface area contributed by atoms with Gasteiger partial charge in [0.1, 0.15) is 0 Å². The summed E-state index contributed by atoms with van der Waals surface area (Å²) in [4.78, 5) is 0. The van der Waals surface area contributed by atoms with Crippen LogP contribution in [0.5, 0.6) is 0 Å². The molecule has 5 rings (SSSR count). The molecule has 0 nitrogen and oxygen atoms in total. The van der Waals surface area contributed by atoms with Gasteiger partial charge in [-0.25, -0.2) is 12.1 Å². The fourth-order valence-electron chi connectivity index (χ4n) is 3.05. The summed E-state index contributed by atoms with van der Waals surface area (Å²) in [7, 11) is 0. The number of hydrogen-bond donors (Lipinski definition) is 0. The normalized spacial score (nSPS) is 12.2. The van der Waals surface area contributed by atoms with Crippen molar-refractivity contribution < 1.29 is 26.2 Å². The molecule has 0 aromatic heterocycles. The zero-order valence-corrected chi connectivity index (χ0v) is 17.9. The number of fused-ring (bicyclic) bond motifs is 3. The third kappa shape index (κ3) is 6.22. The molecule has 1 fully saturated rings. The smallest absolute Gasteiger partial charge is 0.514 e. The van der Waals surface area contributed by atoms with E-state index in [4.69, 9.17) is 6.58 Å². The van der Waals surface area contributed by atoms with Crippen LogP contribution in [-0.4, -0.2) is 0 Å². The van der Waals surface area contributed by atoms with E-state index in [9.17, 15) is 0 Å². The molecule has 0 N–H and O–H groups in total. The third-order valence-electron chi connectivity index (χ3n) is 4.32. The van der Waals surface area contributed by atoms with E-state index in [1.807, 2.05) is 30.3 Å². The Labute approximate surface area is 177 Å². The van der Waals surface area contributed by atoms with Gasteiger partial charge in [-0.2, -0.15) is 18.2 Å². The molecule has 0 radical (unpaired) electrons. The first-order valence-electron chi connectivity index (χ1n) is 8.64. The third-order valence-corrected chi connectivity index (χ3v) is 4.32. The van der Waals surface area contributed by atoms with Crippen LogP contribution in [0.1, 0.15) is 25.7 Å². The van der Waals surface area contributed by atoms with Crippen molar-refractivity contribution in [2.45, 2.75) is 25.7 Å². The summed E-state index contributed by atoms with van der Waals surface area (Å²) in [6.45, 7) is 5.45. The Kier molecular flexibility index (Phi) is 10.1. The Morgan fingerprint density at radius 2 is 1.15 bits per heavy atom. The molecule has 1 aliphatic rings. The van der Waals surface area contributed by atoms with Gasteiger partial charge in [0.05, 0.1) is 0 Å². The number of hydrogen-bond acceptors (Lipinski definition) is 0. The molecule has 0 heterocycles. The Bertz CT molecular complexity index is 805. The van der Waals surface area contributed by atoms with Gasteiger partial charge >= 0.3 is 26.2 Å². The van der Waals surface area contributed by atoms with Crippen LogP contribution in [0, 0.1) is 14.0 Å². The van der Waals surface area contributed by atoms with Crippen LogP contribution >= 0.6 is 0 Å². The van der Waals surface area contributed by atoms with Crippen LogP contribution < -0.4 is 0 Å². The Hall–Kier alpha value is -1.72. The summed E-state index contributed by atoms with van der Waals surface area (Å²) in [6, 6.07) is 29.3. The summed E-state index contributed by atoms with van der Waals surface area (Å²) >= 11 is 0. The summed E-state index contributed by atoms with van der Waals surface area (Å²) in [6.07, 6.45) is 5.01.